The first-order valence-corrected chi connectivity index (χ1v) is 6.55. The van der Waals surface area contributed by atoms with Crippen LogP contribution in [0.25, 0.3) is 0 Å². The van der Waals surface area contributed by atoms with Crippen LogP contribution in [-0.4, -0.2) is 22.7 Å². The molecule has 0 radical (unpaired) electrons. The highest BCUT2D eigenvalue weighted by atomic mass is 32.2. The molecule has 0 saturated heterocycles. The average Bonchev–Trinajstić information content (AvgIpc) is 2.43. The Morgan fingerprint density at radius 2 is 2.07 bits per heavy atom. The predicted octanol–water partition coefficient (Wildman–Crippen LogP) is 2.57. The van der Waals surface area contributed by atoms with Crippen molar-refractivity contribution in [2.75, 3.05) is 12.4 Å². The number of hydrogen-bond donors (Lipinski definition) is 1. The molecular weight excluding hydrogens is 194 g/mol. The van der Waals surface area contributed by atoms with Crippen molar-refractivity contribution >= 4 is 11.8 Å². The number of hydrogen-bond acceptors (Lipinski definition) is 3. The normalized spacial score (nSPS) is 28.0. The van der Waals surface area contributed by atoms with Crippen molar-refractivity contribution in [1.29, 1.82) is 5.26 Å². The lowest BCUT2D eigenvalue weighted by Gasteiger charge is -2.18. The van der Waals surface area contributed by atoms with Gasteiger partial charge in [0.15, 0.2) is 0 Å². The van der Waals surface area contributed by atoms with Crippen LogP contribution in [0, 0.1) is 17.2 Å². The zero-order chi connectivity index (χ0) is 10.2. The third-order valence-electron chi connectivity index (χ3n) is 2.75. The van der Waals surface area contributed by atoms with Gasteiger partial charge in [-0.15, -0.1) is 0 Å². The maximum Gasteiger partial charge on any atom is 0.0667 e. The maximum atomic E-state index is 9.03. The van der Waals surface area contributed by atoms with Gasteiger partial charge >= 0.3 is 0 Å². The fourth-order valence-corrected chi connectivity index (χ4v) is 3.28. The average molecular weight is 213 g/mol. The van der Waals surface area contributed by atoms with E-state index in [1.54, 1.807) is 0 Å². The lowest BCUT2D eigenvalue weighted by molar-refractivity contribution is 0.296. The van der Waals surface area contributed by atoms with Gasteiger partial charge in [-0.05, 0) is 25.0 Å². The van der Waals surface area contributed by atoms with Crippen molar-refractivity contribution in [2.45, 2.75) is 43.8 Å². The molecule has 0 amide bonds. The van der Waals surface area contributed by atoms with Crippen molar-refractivity contribution in [2.24, 2.45) is 5.92 Å². The van der Waals surface area contributed by atoms with Crippen LogP contribution in [0.2, 0.25) is 0 Å². The topological polar surface area (TPSA) is 44.0 Å². The molecule has 0 aromatic carbocycles. The first-order valence-electron chi connectivity index (χ1n) is 5.50. The number of thioether (sulfide) groups is 1. The molecule has 1 N–H and O–H groups in total. The Morgan fingerprint density at radius 1 is 1.29 bits per heavy atom. The van der Waals surface area contributed by atoms with Gasteiger partial charge in [-0.2, -0.15) is 17.0 Å². The molecule has 2 unspecified atom stereocenters. The minimum absolute atomic E-state index is 0.251. The molecule has 1 aliphatic carbocycles. The first kappa shape index (κ1) is 11.9. The lowest BCUT2D eigenvalue weighted by atomic mass is 10.0. The van der Waals surface area contributed by atoms with Gasteiger partial charge in [0.1, 0.15) is 0 Å². The summed E-state index contributed by atoms with van der Waals surface area (Å²) in [6, 6.07) is 2.44. The quantitative estimate of drug-likeness (QED) is 0.576. The fourth-order valence-electron chi connectivity index (χ4n) is 1.92. The van der Waals surface area contributed by atoms with E-state index in [1.165, 1.54) is 25.7 Å². The summed E-state index contributed by atoms with van der Waals surface area (Å²) < 4.78 is 0. The monoisotopic (exact) mass is 213 g/mol. The van der Waals surface area contributed by atoms with E-state index in [0.29, 0.717) is 5.25 Å². The van der Waals surface area contributed by atoms with Crippen molar-refractivity contribution in [3.63, 3.8) is 0 Å². The van der Waals surface area contributed by atoms with Crippen LogP contribution in [0.15, 0.2) is 0 Å². The zero-order valence-electron chi connectivity index (χ0n) is 8.61. The lowest BCUT2D eigenvalue weighted by Crippen LogP contribution is -2.14. The SMILES string of the molecule is N#CC1CCCCCC1SCCCO. The molecule has 1 aliphatic rings. The van der Waals surface area contributed by atoms with Crippen LogP contribution in [0.3, 0.4) is 0 Å². The molecule has 2 nitrogen and oxygen atoms in total. The van der Waals surface area contributed by atoms with E-state index in [-0.39, 0.29) is 12.5 Å². The number of nitriles is 1. The second-order valence-corrected chi connectivity index (χ2v) is 5.21. The summed E-state index contributed by atoms with van der Waals surface area (Å²) in [4.78, 5) is 0. The second kappa shape index (κ2) is 7.14. The summed E-state index contributed by atoms with van der Waals surface area (Å²) in [5.74, 6) is 1.25. The molecule has 3 heteroatoms. The Bertz CT molecular complexity index is 190. The predicted molar refractivity (Wildman–Crippen MR) is 60.1 cm³/mol. The van der Waals surface area contributed by atoms with Crippen molar-refractivity contribution in [3.05, 3.63) is 0 Å². The van der Waals surface area contributed by atoms with Crippen LogP contribution in [0.1, 0.15) is 38.5 Å². The summed E-state index contributed by atoms with van der Waals surface area (Å²) >= 11 is 1.89. The zero-order valence-corrected chi connectivity index (χ0v) is 9.43. The van der Waals surface area contributed by atoms with Gasteiger partial charge in [0, 0.05) is 11.9 Å². The Morgan fingerprint density at radius 3 is 2.79 bits per heavy atom. The van der Waals surface area contributed by atoms with Crippen LogP contribution in [0.4, 0.5) is 0 Å². The van der Waals surface area contributed by atoms with Gasteiger partial charge in [0.05, 0.1) is 12.0 Å². The van der Waals surface area contributed by atoms with Crippen LogP contribution in [0.5, 0.6) is 0 Å². The standard InChI is InChI=1S/C11H19NOS/c12-9-10-5-2-1-3-6-11(10)14-8-4-7-13/h10-11,13H,1-8H2. The van der Waals surface area contributed by atoms with Crippen LogP contribution >= 0.6 is 11.8 Å². The van der Waals surface area contributed by atoms with E-state index in [9.17, 15) is 0 Å². The molecule has 0 bridgehead atoms. The van der Waals surface area contributed by atoms with Gasteiger partial charge in [0.2, 0.25) is 0 Å². The van der Waals surface area contributed by atoms with Crippen LogP contribution < -0.4 is 0 Å². The number of nitrogens with zero attached hydrogens (tertiary/aromatic N) is 1. The molecular formula is C11H19NOS. The molecule has 0 aliphatic heterocycles. The van der Waals surface area contributed by atoms with Crippen molar-refractivity contribution in [1.82, 2.24) is 0 Å². The third-order valence-corrected chi connectivity index (χ3v) is 4.27. The highest BCUT2D eigenvalue weighted by molar-refractivity contribution is 7.99. The number of aliphatic hydroxyl groups is 1. The van der Waals surface area contributed by atoms with Gasteiger partial charge in [0.25, 0.3) is 0 Å². The molecule has 1 saturated carbocycles. The van der Waals surface area contributed by atoms with Crippen molar-refractivity contribution < 1.29 is 5.11 Å². The maximum absolute atomic E-state index is 9.03. The summed E-state index contributed by atoms with van der Waals surface area (Å²) in [5.41, 5.74) is 0. The minimum Gasteiger partial charge on any atom is -0.396 e. The van der Waals surface area contributed by atoms with E-state index in [2.05, 4.69) is 6.07 Å². The summed E-state index contributed by atoms with van der Waals surface area (Å²) in [6.45, 7) is 0.275. The number of aliphatic hydroxyl groups excluding tert-OH is 1. The number of rotatable bonds is 4. The highest BCUT2D eigenvalue weighted by Crippen LogP contribution is 2.32. The van der Waals surface area contributed by atoms with E-state index in [1.807, 2.05) is 11.8 Å². The Balaban J connectivity index is 2.33. The van der Waals surface area contributed by atoms with E-state index in [0.717, 1.165) is 18.6 Å². The van der Waals surface area contributed by atoms with Gasteiger partial charge in [-0.1, -0.05) is 19.3 Å². The summed E-state index contributed by atoms with van der Waals surface area (Å²) in [5, 5.41) is 18.2. The summed E-state index contributed by atoms with van der Waals surface area (Å²) in [7, 11) is 0. The first-order chi connectivity index (χ1) is 6.88. The molecule has 14 heavy (non-hydrogen) atoms. The van der Waals surface area contributed by atoms with Gasteiger partial charge in [-0.3, -0.25) is 0 Å². The molecule has 0 aromatic heterocycles. The second-order valence-electron chi connectivity index (χ2n) is 3.86. The molecule has 1 fully saturated rings. The van der Waals surface area contributed by atoms with Crippen LogP contribution in [-0.2, 0) is 0 Å². The molecule has 1 rings (SSSR count). The smallest absolute Gasteiger partial charge is 0.0667 e. The fraction of sp³-hybridized carbons (Fsp3) is 0.909. The minimum atomic E-state index is 0.251. The third kappa shape index (κ3) is 3.89. The molecule has 2 atom stereocenters. The van der Waals surface area contributed by atoms with Crippen molar-refractivity contribution in [3.8, 4) is 6.07 Å². The Labute approximate surface area is 90.7 Å². The molecule has 0 spiro atoms. The molecule has 0 heterocycles. The molecule has 80 valence electrons. The van der Waals surface area contributed by atoms with E-state index in [4.69, 9.17) is 10.4 Å². The van der Waals surface area contributed by atoms with E-state index < -0.39 is 0 Å². The Hall–Kier alpha value is -0.200. The molecule has 0 aromatic rings. The van der Waals surface area contributed by atoms with Gasteiger partial charge in [-0.25, -0.2) is 0 Å². The highest BCUT2D eigenvalue weighted by Gasteiger charge is 2.23. The summed E-state index contributed by atoms with van der Waals surface area (Å²) in [6.07, 6.45) is 6.90. The largest absolute Gasteiger partial charge is 0.396 e. The van der Waals surface area contributed by atoms with E-state index >= 15 is 0 Å². The Kier molecular flexibility index (Phi) is 6.05. The van der Waals surface area contributed by atoms with Gasteiger partial charge < -0.3 is 5.11 Å².